The molecule has 162 valence electrons. The van der Waals surface area contributed by atoms with Gasteiger partial charge in [-0.05, 0) is 73.9 Å². The van der Waals surface area contributed by atoms with Crippen LogP contribution in [0.5, 0.6) is 0 Å². The number of methoxy groups -OCH3 is 1. The molecule has 1 aliphatic rings. The van der Waals surface area contributed by atoms with Gasteiger partial charge in [-0.1, -0.05) is 25.1 Å². The number of aryl methyl sites for hydroxylation is 2. The third-order valence-corrected chi connectivity index (χ3v) is 6.48. The summed E-state index contributed by atoms with van der Waals surface area (Å²) in [5.41, 5.74) is 7.22. The fourth-order valence-corrected chi connectivity index (χ4v) is 4.87. The van der Waals surface area contributed by atoms with E-state index >= 15 is 0 Å². The number of nitrogens with zero attached hydrogens (tertiary/aromatic N) is 3. The lowest BCUT2D eigenvalue weighted by Crippen LogP contribution is -2.32. The van der Waals surface area contributed by atoms with Crippen LogP contribution in [-0.2, 0) is 11.2 Å². The zero-order chi connectivity index (χ0) is 22.0. The highest BCUT2D eigenvalue weighted by Crippen LogP contribution is 2.41. The minimum atomic E-state index is -0.0121. The van der Waals surface area contributed by atoms with Crippen molar-refractivity contribution in [3.05, 3.63) is 82.9 Å². The van der Waals surface area contributed by atoms with E-state index in [0.717, 1.165) is 23.8 Å². The van der Waals surface area contributed by atoms with Crippen molar-refractivity contribution in [2.75, 3.05) is 20.3 Å². The number of thiocarbonyl (C=S) groups is 1. The van der Waals surface area contributed by atoms with Gasteiger partial charge in [0.15, 0.2) is 5.11 Å². The molecule has 0 bridgehead atoms. The molecule has 1 N–H and O–H groups in total. The van der Waals surface area contributed by atoms with Crippen molar-refractivity contribution in [1.82, 2.24) is 19.8 Å². The molecule has 6 heteroatoms. The average Bonchev–Trinajstić information content (AvgIpc) is 3.27. The number of benzene rings is 1. The Hall–Kier alpha value is -2.70. The molecule has 0 aliphatic carbocycles. The van der Waals surface area contributed by atoms with Crippen LogP contribution in [0.1, 0.15) is 47.2 Å². The van der Waals surface area contributed by atoms with Crippen LogP contribution < -0.4 is 5.32 Å². The number of aromatic nitrogens is 2. The lowest BCUT2D eigenvalue weighted by atomic mass is 9.97. The molecular formula is C25H30N4OS. The van der Waals surface area contributed by atoms with E-state index in [9.17, 15) is 0 Å². The maximum Gasteiger partial charge on any atom is 0.170 e. The van der Waals surface area contributed by atoms with Gasteiger partial charge in [-0.25, -0.2) is 0 Å². The highest BCUT2D eigenvalue weighted by Gasteiger charge is 2.41. The van der Waals surface area contributed by atoms with Crippen LogP contribution in [0.15, 0.2) is 54.7 Å². The number of nitrogens with one attached hydrogen (secondary N) is 1. The van der Waals surface area contributed by atoms with E-state index in [1.807, 2.05) is 18.3 Å². The highest BCUT2D eigenvalue weighted by atomic mass is 32.1. The summed E-state index contributed by atoms with van der Waals surface area (Å²) in [4.78, 5) is 6.88. The van der Waals surface area contributed by atoms with Crippen LogP contribution in [-0.4, -0.2) is 39.8 Å². The number of rotatable bonds is 7. The Morgan fingerprint density at radius 3 is 2.55 bits per heavy atom. The molecule has 31 heavy (non-hydrogen) atoms. The van der Waals surface area contributed by atoms with Gasteiger partial charge in [0.2, 0.25) is 0 Å². The van der Waals surface area contributed by atoms with Gasteiger partial charge in [-0.3, -0.25) is 4.98 Å². The molecule has 0 saturated carbocycles. The minimum absolute atomic E-state index is 0.0121. The molecule has 0 radical (unpaired) electrons. The van der Waals surface area contributed by atoms with Crippen molar-refractivity contribution in [3.8, 4) is 5.69 Å². The van der Waals surface area contributed by atoms with E-state index in [1.54, 1.807) is 7.11 Å². The predicted octanol–water partition coefficient (Wildman–Crippen LogP) is 4.67. The Balaban J connectivity index is 1.79. The monoisotopic (exact) mass is 434 g/mol. The molecule has 2 atom stereocenters. The standard InChI is InChI=1S/C25H30N4OS/c1-5-19-9-11-20(12-10-19)29-17(2)16-21(18(29)3)24-23(22-8-6-7-13-26-22)27-25(31)28(24)14-15-30-4/h6-13,16,23-24H,5,14-15H2,1-4H3,(H,27,31)/t23-,24-/m0/s1. The first-order valence-corrected chi connectivity index (χ1v) is 11.2. The summed E-state index contributed by atoms with van der Waals surface area (Å²) in [5, 5.41) is 4.26. The zero-order valence-corrected chi connectivity index (χ0v) is 19.4. The Labute approximate surface area is 190 Å². The van der Waals surface area contributed by atoms with Gasteiger partial charge in [-0.2, -0.15) is 0 Å². The fraction of sp³-hybridized carbons (Fsp3) is 0.360. The Morgan fingerprint density at radius 1 is 1.13 bits per heavy atom. The van der Waals surface area contributed by atoms with Gasteiger partial charge in [0.1, 0.15) is 0 Å². The van der Waals surface area contributed by atoms with Gasteiger partial charge < -0.3 is 19.5 Å². The second-order valence-corrected chi connectivity index (χ2v) is 8.38. The molecule has 0 amide bonds. The first-order valence-electron chi connectivity index (χ1n) is 10.8. The van der Waals surface area contributed by atoms with E-state index < -0.39 is 0 Å². The van der Waals surface area contributed by atoms with Gasteiger partial charge in [0.25, 0.3) is 0 Å². The van der Waals surface area contributed by atoms with E-state index in [1.165, 1.54) is 28.2 Å². The van der Waals surface area contributed by atoms with E-state index in [-0.39, 0.29) is 12.1 Å². The molecule has 4 rings (SSSR count). The van der Waals surface area contributed by atoms with Crippen molar-refractivity contribution < 1.29 is 4.74 Å². The largest absolute Gasteiger partial charge is 0.383 e. The van der Waals surface area contributed by atoms with Crippen LogP contribution in [0.2, 0.25) is 0 Å². The second-order valence-electron chi connectivity index (χ2n) is 7.99. The molecule has 1 aliphatic heterocycles. The molecule has 5 nitrogen and oxygen atoms in total. The summed E-state index contributed by atoms with van der Waals surface area (Å²) in [5.74, 6) is 0. The van der Waals surface area contributed by atoms with Gasteiger partial charge >= 0.3 is 0 Å². The van der Waals surface area contributed by atoms with Crippen LogP contribution >= 0.6 is 12.2 Å². The normalized spacial score (nSPS) is 18.5. The van der Waals surface area contributed by atoms with Crippen molar-refractivity contribution >= 4 is 17.3 Å². The summed E-state index contributed by atoms with van der Waals surface area (Å²) in [6.45, 7) is 7.89. The maximum absolute atomic E-state index is 5.74. The quantitative estimate of drug-likeness (QED) is 0.548. The van der Waals surface area contributed by atoms with E-state index in [0.29, 0.717) is 6.61 Å². The summed E-state index contributed by atoms with van der Waals surface area (Å²) in [6.07, 6.45) is 2.88. The topological polar surface area (TPSA) is 42.3 Å². The van der Waals surface area contributed by atoms with Gasteiger partial charge in [0.05, 0.1) is 24.4 Å². The molecular weight excluding hydrogens is 404 g/mol. The highest BCUT2D eigenvalue weighted by molar-refractivity contribution is 7.80. The minimum Gasteiger partial charge on any atom is -0.383 e. The molecule has 1 fully saturated rings. The van der Waals surface area contributed by atoms with Crippen LogP contribution in [0, 0.1) is 13.8 Å². The third-order valence-electron chi connectivity index (χ3n) is 6.13. The molecule has 0 spiro atoms. The predicted molar refractivity (Wildman–Crippen MR) is 129 cm³/mol. The van der Waals surface area contributed by atoms with Crippen molar-refractivity contribution in [2.45, 2.75) is 39.3 Å². The molecule has 2 aromatic heterocycles. The molecule has 3 aromatic rings. The Bertz CT molecular complexity index is 1050. The first-order chi connectivity index (χ1) is 15.0. The van der Waals surface area contributed by atoms with E-state index in [2.05, 4.69) is 76.9 Å². The van der Waals surface area contributed by atoms with Crippen LogP contribution in [0.3, 0.4) is 0 Å². The number of ether oxygens (including phenoxy) is 1. The lowest BCUT2D eigenvalue weighted by Gasteiger charge is -2.28. The summed E-state index contributed by atoms with van der Waals surface area (Å²) in [6, 6.07) is 17.2. The summed E-state index contributed by atoms with van der Waals surface area (Å²) >= 11 is 5.74. The molecule has 3 heterocycles. The van der Waals surface area contributed by atoms with Crippen molar-refractivity contribution in [3.63, 3.8) is 0 Å². The molecule has 0 unspecified atom stereocenters. The first kappa shape index (κ1) is 21.5. The lowest BCUT2D eigenvalue weighted by molar-refractivity contribution is 0.164. The van der Waals surface area contributed by atoms with Gasteiger partial charge in [-0.15, -0.1) is 0 Å². The fourth-order valence-electron chi connectivity index (χ4n) is 4.54. The van der Waals surface area contributed by atoms with Crippen molar-refractivity contribution in [1.29, 1.82) is 0 Å². The maximum atomic E-state index is 5.74. The molecule has 1 saturated heterocycles. The average molecular weight is 435 g/mol. The second kappa shape index (κ2) is 9.20. The SMILES string of the molecule is CCc1ccc(-n2c(C)cc([C@H]3[C@H](c4ccccn4)NC(=S)N3CCOC)c2C)cc1. The number of hydrogen-bond donors (Lipinski definition) is 1. The van der Waals surface area contributed by atoms with Gasteiger partial charge in [0, 0.05) is 36.9 Å². The summed E-state index contributed by atoms with van der Waals surface area (Å²) in [7, 11) is 1.73. The van der Waals surface area contributed by atoms with Crippen LogP contribution in [0.4, 0.5) is 0 Å². The number of hydrogen-bond acceptors (Lipinski definition) is 3. The van der Waals surface area contributed by atoms with Crippen LogP contribution in [0.25, 0.3) is 5.69 Å². The molecule has 1 aromatic carbocycles. The van der Waals surface area contributed by atoms with E-state index in [4.69, 9.17) is 17.0 Å². The number of pyridine rings is 1. The Kier molecular flexibility index (Phi) is 6.39. The smallest absolute Gasteiger partial charge is 0.170 e. The van der Waals surface area contributed by atoms with Crippen molar-refractivity contribution in [2.24, 2.45) is 0 Å². The zero-order valence-electron chi connectivity index (χ0n) is 18.6. The third kappa shape index (κ3) is 4.10. The Morgan fingerprint density at radius 2 is 1.90 bits per heavy atom. The summed E-state index contributed by atoms with van der Waals surface area (Å²) < 4.78 is 7.71.